The number of aromatic nitrogens is 4. The van der Waals surface area contributed by atoms with E-state index in [1.165, 1.54) is 0 Å². The monoisotopic (exact) mass is 240 g/mol. The van der Waals surface area contributed by atoms with Crippen LogP contribution in [0.5, 0.6) is 0 Å². The molecule has 0 aliphatic rings. The molecule has 1 aromatic carbocycles. The quantitative estimate of drug-likeness (QED) is 0.753. The van der Waals surface area contributed by atoms with Crippen LogP contribution in [0.2, 0.25) is 0 Å². The van der Waals surface area contributed by atoms with Crippen LogP contribution in [0.3, 0.4) is 0 Å². The lowest BCUT2D eigenvalue weighted by molar-refractivity contribution is 0.277. The van der Waals surface area contributed by atoms with Crippen molar-refractivity contribution in [3.63, 3.8) is 0 Å². The molecule has 0 spiro atoms. The first-order valence-electron chi connectivity index (χ1n) is 5.72. The highest BCUT2D eigenvalue weighted by molar-refractivity contribution is 5.72. The molecule has 90 valence electrons. The highest BCUT2D eigenvalue weighted by Crippen LogP contribution is 2.17. The number of hydrogen-bond donors (Lipinski definition) is 1. The molecule has 0 amide bonds. The SMILES string of the molecule is OCCn1cnc2cnc(-c3ccccc3)nc21. The first-order chi connectivity index (χ1) is 8.88. The minimum Gasteiger partial charge on any atom is -0.395 e. The third-order valence-electron chi connectivity index (χ3n) is 2.73. The van der Waals surface area contributed by atoms with Gasteiger partial charge in [-0.05, 0) is 0 Å². The Morgan fingerprint density at radius 3 is 2.72 bits per heavy atom. The molecule has 0 aliphatic heterocycles. The summed E-state index contributed by atoms with van der Waals surface area (Å²) < 4.78 is 1.82. The fraction of sp³-hybridized carbons (Fsp3) is 0.154. The molecule has 0 saturated heterocycles. The van der Waals surface area contributed by atoms with Gasteiger partial charge in [0, 0.05) is 12.1 Å². The summed E-state index contributed by atoms with van der Waals surface area (Å²) in [5.41, 5.74) is 2.46. The van der Waals surface area contributed by atoms with Gasteiger partial charge in [-0.2, -0.15) is 0 Å². The summed E-state index contributed by atoms with van der Waals surface area (Å²) in [7, 11) is 0. The largest absolute Gasteiger partial charge is 0.395 e. The van der Waals surface area contributed by atoms with Gasteiger partial charge in [0.05, 0.1) is 19.1 Å². The lowest BCUT2D eigenvalue weighted by Crippen LogP contribution is -2.02. The molecule has 18 heavy (non-hydrogen) atoms. The molecule has 3 aromatic rings. The Labute approximate surface area is 104 Å². The fourth-order valence-corrected chi connectivity index (χ4v) is 1.85. The third kappa shape index (κ3) is 1.84. The van der Waals surface area contributed by atoms with E-state index in [-0.39, 0.29) is 6.61 Å². The van der Waals surface area contributed by atoms with Gasteiger partial charge in [0.15, 0.2) is 11.5 Å². The number of aliphatic hydroxyl groups is 1. The second kappa shape index (κ2) is 4.54. The molecular formula is C13H12N4O. The zero-order valence-electron chi connectivity index (χ0n) is 9.69. The zero-order chi connectivity index (χ0) is 12.4. The Morgan fingerprint density at radius 2 is 1.94 bits per heavy atom. The molecule has 0 unspecified atom stereocenters. The van der Waals surface area contributed by atoms with Gasteiger partial charge in [0.25, 0.3) is 0 Å². The molecule has 3 rings (SSSR count). The second-order valence-corrected chi connectivity index (χ2v) is 3.93. The molecule has 2 aromatic heterocycles. The van der Waals surface area contributed by atoms with Crippen molar-refractivity contribution in [1.82, 2.24) is 19.5 Å². The van der Waals surface area contributed by atoms with Crippen LogP contribution in [0.1, 0.15) is 0 Å². The smallest absolute Gasteiger partial charge is 0.163 e. The summed E-state index contributed by atoms with van der Waals surface area (Å²) >= 11 is 0. The first kappa shape index (κ1) is 10.9. The van der Waals surface area contributed by atoms with Crippen LogP contribution >= 0.6 is 0 Å². The van der Waals surface area contributed by atoms with Gasteiger partial charge in [-0.3, -0.25) is 0 Å². The van der Waals surface area contributed by atoms with Gasteiger partial charge < -0.3 is 9.67 Å². The molecule has 5 heteroatoms. The molecule has 0 aliphatic carbocycles. The van der Waals surface area contributed by atoms with Gasteiger partial charge >= 0.3 is 0 Å². The average molecular weight is 240 g/mol. The molecule has 0 atom stereocenters. The van der Waals surface area contributed by atoms with E-state index in [0.29, 0.717) is 12.4 Å². The Bertz CT molecular complexity index is 663. The van der Waals surface area contributed by atoms with Crippen molar-refractivity contribution in [2.24, 2.45) is 0 Å². The first-order valence-corrected chi connectivity index (χ1v) is 5.72. The maximum atomic E-state index is 8.99. The molecule has 0 fully saturated rings. The molecule has 5 nitrogen and oxygen atoms in total. The second-order valence-electron chi connectivity index (χ2n) is 3.93. The normalized spacial score (nSPS) is 10.9. The summed E-state index contributed by atoms with van der Waals surface area (Å²) in [4.78, 5) is 13.0. The molecule has 1 N–H and O–H groups in total. The lowest BCUT2D eigenvalue weighted by Gasteiger charge is -2.02. The van der Waals surface area contributed by atoms with E-state index >= 15 is 0 Å². The minimum absolute atomic E-state index is 0.0656. The molecule has 0 saturated carbocycles. The molecule has 0 radical (unpaired) electrons. The number of nitrogens with zero attached hydrogens (tertiary/aromatic N) is 4. The van der Waals surface area contributed by atoms with E-state index in [1.807, 2.05) is 34.9 Å². The van der Waals surface area contributed by atoms with E-state index < -0.39 is 0 Å². The van der Waals surface area contributed by atoms with Crippen molar-refractivity contribution in [2.45, 2.75) is 6.54 Å². The summed E-state index contributed by atoms with van der Waals surface area (Å²) in [6, 6.07) is 9.79. The Balaban J connectivity index is 2.12. The minimum atomic E-state index is 0.0656. The molecular weight excluding hydrogens is 228 g/mol. The Kier molecular flexibility index (Phi) is 2.74. The van der Waals surface area contributed by atoms with Crippen molar-refractivity contribution in [2.75, 3.05) is 6.61 Å². The topological polar surface area (TPSA) is 63.8 Å². The van der Waals surface area contributed by atoms with Crippen LogP contribution in [-0.2, 0) is 6.54 Å². The van der Waals surface area contributed by atoms with Crippen molar-refractivity contribution in [3.8, 4) is 11.4 Å². The molecule has 0 bridgehead atoms. The van der Waals surface area contributed by atoms with Crippen LogP contribution in [0.15, 0.2) is 42.9 Å². The van der Waals surface area contributed by atoms with E-state index in [1.54, 1.807) is 12.5 Å². The van der Waals surface area contributed by atoms with Gasteiger partial charge in [-0.25, -0.2) is 15.0 Å². The van der Waals surface area contributed by atoms with Crippen LogP contribution in [-0.4, -0.2) is 31.2 Å². The van der Waals surface area contributed by atoms with Crippen LogP contribution in [0.4, 0.5) is 0 Å². The van der Waals surface area contributed by atoms with Crippen molar-refractivity contribution in [1.29, 1.82) is 0 Å². The van der Waals surface area contributed by atoms with E-state index in [4.69, 9.17) is 5.11 Å². The van der Waals surface area contributed by atoms with Gasteiger partial charge in [0.1, 0.15) is 5.52 Å². The van der Waals surface area contributed by atoms with Gasteiger partial charge in [-0.15, -0.1) is 0 Å². The van der Waals surface area contributed by atoms with Crippen LogP contribution in [0, 0.1) is 0 Å². The summed E-state index contributed by atoms with van der Waals surface area (Å²) in [6.07, 6.45) is 3.38. The van der Waals surface area contributed by atoms with Gasteiger partial charge in [0.2, 0.25) is 0 Å². The summed E-state index contributed by atoms with van der Waals surface area (Å²) in [5, 5.41) is 8.99. The number of fused-ring (bicyclic) bond motifs is 1. The molecule has 2 heterocycles. The van der Waals surface area contributed by atoms with Crippen molar-refractivity contribution >= 4 is 11.2 Å². The van der Waals surface area contributed by atoms with Crippen LogP contribution < -0.4 is 0 Å². The fourth-order valence-electron chi connectivity index (χ4n) is 1.85. The maximum Gasteiger partial charge on any atom is 0.163 e. The van der Waals surface area contributed by atoms with Gasteiger partial charge in [-0.1, -0.05) is 30.3 Å². The third-order valence-corrected chi connectivity index (χ3v) is 2.73. The Morgan fingerprint density at radius 1 is 1.11 bits per heavy atom. The summed E-state index contributed by atoms with van der Waals surface area (Å²) in [5.74, 6) is 0.669. The Hall–Kier alpha value is -2.27. The summed E-state index contributed by atoms with van der Waals surface area (Å²) in [6.45, 7) is 0.553. The highest BCUT2D eigenvalue weighted by atomic mass is 16.3. The van der Waals surface area contributed by atoms with Crippen molar-refractivity contribution < 1.29 is 5.11 Å². The number of imidazole rings is 1. The highest BCUT2D eigenvalue weighted by Gasteiger charge is 2.07. The predicted molar refractivity (Wildman–Crippen MR) is 67.8 cm³/mol. The van der Waals surface area contributed by atoms with E-state index in [9.17, 15) is 0 Å². The lowest BCUT2D eigenvalue weighted by atomic mass is 10.2. The van der Waals surface area contributed by atoms with Crippen molar-refractivity contribution in [3.05, 3.63) is 42.9 Å². The maximum absolute atomic E-state index is 8.99. The number of hydrogen-bond acceptors (Lipinski definition) is 4. The van der Waals surface area contributed by atoms with Crippen LogP contribution in [0.25, 0.3) is 22.6 Å². The number of aliphatic hydroxyl groups excluding tert-OH is 1. The van der Waals surface area contributed by atoms with E-state index in [0.717, 1.165) is 16.7 Å². The standard InChI is InChI=1S/C13H12N4O/c18-7-6-17-9-15-11-8-14-12(16-13(11)17)10-4-2-1-3-5-10/h1-5,8-9,18H,6-7H2. The number of rotatable bonds is 3. The average Bonchev–Trinajstić information content (AvgIpc) is 2.83. The van der Waals surface area contributed by atoms with E-state index in [2.05, 4.69) is 15.0 Å². The zero-order valence-corrected chi connectivity index (χ0v) is 9.69. The number of benzene rings is 1. The predicted octanol–water partition coefficient (Wildman–Crippen LogP) is 1.49.